The fourth-order valence-corrected chi connectivity index (χ4v) is 3.39. The van der Waals surface area contributed by atoms with E-state index in [9.17, 15) is 10.1 Å². The van der Waals surface area contributed by atoms with Crippen LogP contribution in [0.2, 0.25) is 0 Å². The van der Waals surface area contributed by atoms with Crippen molar-refractivity contribution in [1.29, 1.82) is 5.26 Å². The van der Waals surface area contributed by atoms with Crippen LogP contribution in [0.25, 0.3) is 0 Å². The van der Waals surface area contributed by atoms with Crippen molar-refractivity contribution in [3.8, 4) is 6.07 Å². The van der Waals surface area contributed by atoms with Gasteiger partial charge in [-0.15, -0.1) is 0 Å². The molecule has 2 rings (SSSR count). The van der Waals surface area contributed by atoms with Gasteiger partial charge in [-0.2, -0.15) is 5.26 Å². The first-order valence-corrected chi connectivity index (χ1v) is 7.98. The fourth-order valence-electron chi connectivity index (χ4n) is 2.74. The van der Waals surface area contributed by atoms with E-state index in [2.05, 4.69) is 17.4 Å². The van der Waals surface area contributed by atoms with Crippen molar-refractivity contribution >= 4 is 14.6 Å². The van der Waals surface area contributed by atoms with Gasteiger partial charge in [0.2, 0.25) is 5.91 Å². The quantitative estimate of drug-likeness (QED) is 0.731. The molecule has 0 radical (unpaired) electrons. The van der Waals surface area contributed by atoms with Gasteiger partial charge in [0, 0.05) is 6.54 Å². The highest BCUT2D eigenvalue weighted by Crippen LogP contribution is 2.47. The van der Waals surface area contributed by atoms with E-state index in [0.717, 1.165) is 13.0 Å². The monoisotopic (exact) mass is 267 g/mol. The van der Waals surface area contributed by atoms with E-state index in [4.69, 9.17) is 0 Å². The standard InChI is InChI=1S/C13H22N3OP/c1-13(2,15(3)18-4)12(17)16-8-10-5-9(10)6-11(16)7-14/h9-11,18H,5-6,8H2,1-4H3. The summed E-state index contributed by atoms with van der Waals surface area (Å²) in [5.74, 6) is 1.47. The molecular weight excluding hydrogens is 245 g/mol. The first kappa shape index (κ1) is 13.8. The third-order valence-electron chi connectivity index (χ3n) is 4.51. The lowest BCUT2D eigenvalue weighted by molar-refractivity contribution is -0.142. The Hall–Kier alpha value is -0.650. The Morgan fingerprint density at radius 3 is 2.67 bits per heavy atom. The van der Waals surface area contributed by atoms with Gasteiger partial charge in [0.05, 0.1) is 11.6 Å². The summed E-state index contributed by atoms with van der Waals surface area (Å²) in [4.78, 5) is 14.5. The largest absolute Gasteiger partial charge is 0.325 e. The summed E-state index contributed by atoms with van der Waals surface area (Å²) < 4.78 is 2.07. The Labute approximate surface area is 111 Å². The van der Waals surface area contributed by atoms with Gasteiger partial charge < -0.3 is 4.90 Å². The summed E-state index contributed by atoms with van der Waals surface area (Å²) in [6, 6.07) is 2.10. The van der Waals surface area contributed by atoms with Gasteiger partial charge in [0.1, 0.15) is 6.04 Å². The second-order valence-corrected chi connectivity index (χ2v) is 7.05. The van der Waals surface area contributed by atoms with Crippen molar-refractivity contribution in [2.45, 2.75) is 38.3 Å². The maximum Gasteiger partial charge on any atom is 0.243 e. The first-order valence-electron chi connectivity index (χ1n) is 6.53. The number of likely N-dealkylation sites (N-methyl/N-ethyl adjacent to an activating group) is 1. The minimum Gasteiger partial charge on any atom is -0.325 e. The minimum absolute atomic E-state index is 0.108. The second kappa shape index (κ2) is 4.79. The van der Waals surface area contributed by atoms with Crippen molar-refractivity contribution < 1.29 is 4.79 Å². The zero-order chi connectivity index (χ0) is 13.5. The number of hydrogen-bond acceptors (Lipinski definition) is 3. The van der Waals surface area contributed by atoms with E-state index in [1.165, 1.54) is 6.42 Å². The number of hydrogen-bond donors (Lipinski definition) is 0. The topological polar surface area (TPSA) is 47.3 Å². The summed E-state index contributed by atoms with van der Waals surface area (Å²) in [5.41, 5.74) is -0.510. The number of carbonyl (C=O) groups excluding carboxylic acids is 1. The van der Waals surface area contributed by atoms with Crippen LogP contribution < -0.4 is 0 Å². The lowest BCUT2D eigenvalue weighted by Crippen LogP contribution is -2.56. The number of amides is 1. The number of nitrogens with zero attached hydrogens (tertiary/aromatic N) is 3. The molecule has 0 spiro atoms. The zero-order valence-electron chi connectivity index (χ0n) is 11.6. The summed E-state index contributed by atoms with van der Waals surface area (Å²) in [5, 5.41) is 9.25. The number of nitriles is 1. The minimum atomic E-state index is -0.510. The predicted molar refractivity (Wildman–Crippen MR) is 73.4 cm³/mol. The van der Waals surface area contributed by atoms with Crippen LogP contribution in [-0.2, 0) is 4.79 Å². The Morgan fingerprint density at radius 1 is 1.44 bits per heavy atom. The van der Waals surface area contributed by atoms with Crippen LogP contribution in [0.4, 0.5) is 0 Å². The molecule has 1 amide bonds. The number of carbonyl (C=O) groups is 1. The lowest BCUT2D eigenvalue weighted by Gasteiger charge is -2.40. The molecule has 2 aliphatic rings. The van der Waals surface area contributed by atoms with Gasteiger partial charge in [-0.3, -0.25) is 9.46 Å². The molecule has 0 aromatic rings. The normalized spacial score (nSPS) is 31.6. The van der Waals surface area contributed by atoms with Crippen LogP contribution in [-0.4, -0.2) is 47.3 Å². The molecule has 0 aromatic carbocycles. The van der Waals surface area contributed by atoms with Crippen LogP contribution in [0, 0.1) is 23.2 Å². The Kier molecular flexibility index (Phi) is 3.67. The van der Waals surface area contributed by atoms with E-state index in [1.54, 1.807) is 0 Å². The maximum atomic E-state index is 12.7. The Balaban J connectivity index is 2.14. The summed E-state index contributed by atoms with van der Waals surface area (Å²) >= 11 is 0. The molecule has 5 heteroatoms. The third kappa shape index (κ3) is 2.27. The molecule has 0 aromatic heterocycles. The van der Waals surface area contributed by atoms with Crippen molar-refractivity contribution in [2.24, 2.45) is 11.8 Å². The molecule has 4 atom stereocenters. The van der Waals surface area contributed by atoms with Crippen molar-refractivity contribution in [3.63, 3.8) is 0 Å². The van der Waals surface area contributed by atoms with Gasteiger partial charge in [0.15, 0.2) is 0 Å². The summed E-state index contributed by atoms with van der Waals surface area (Å²) in [6.45, 7) is 6.77. The van der Waals surface area contributed by atoms with E-state index < -0.39 is 5.54 Å². The average molecular weight is 267 g/mol. The van der Waals surface area contributed by atoms with Crippen LogP contribution >= 0.6 is 8.73 Å². The molecule has 1 aliphatic carbocycles. The highest BCUT2D eigenvalue weighted by atomic mass is 31.1. The van der Waals surface area contributed by atoms with Gasteiger partial charge in [0.25, 0.3) is 0 Å². The average Bonchev–Trinajstić information content (AvgIpc) is 3.12. The summed E-state index contributed by atoms with van der Waals surface area (Å²) in [6.07, 6.45) is 2.08. The zero-order valence-corrected chi connectivity index (χ0v) is 12.6. The molecule has 18 heavy (non-hydrogen) atoms. The van der Waals surface area contributed by atoms with Gasteiger partial charge in [-0.25, -0.2) is 0 Å². The smallest absolute Gasteiger partial charge is 0.243 e. The number of rotatable bonds is 3. The highest BCUT2D eigenvalue weighted by Gasteiger charge is 2.49. The van der Waals surface area contributed by atoms with Crippen molar-refractivity contribution in [2.75, 3.05) is 20.3 Å². The molecule has 4 unspecified atom stereocenters. The molecule has 1 heterocycles. The van der Waals surface area contributed by atoms with Crippen molar-refractivity contribution in [1.82, 2.24) is 9.57 Å². The molecule has 100 valence electrons. The van der Waals surface area contributed by atoms with Gasteiger partial charge >= 0.3 is 0 Å². The number of fused-ring (bicyclic) bond motifs is 1. The first-order chi connectivity index (χ1) is 8.41. The molecular formula is C13H22N3OP. The second-order valence-electron chi connectivity index (χ2n) is 5.94. The number of likely N-dealkylation sites (tertiary alicyclic amines) is 1. The molecule has 1 aliphatic heterocycles. The predicted octanol–water partition coefficient (Wildman–Crippen LogP) is 1.68. The molecule has 1 saturated heterocycles. The molecule has 0 bridgehead atoms. The van der Waals surface area contributed by atoms with Crippen LogP contribution in [0.5, 0.6) is 0 Å². The van der Waals surface area contributed by atoms with E-state index in [1.807, 2.05) is 25.8 Å². The Bertz CT molecular complexity index is 390. The van der Waals surface area contributed by atoms with Crippen molar-refractivity contribution in [3.05, 3.63) is 0 Å². The van der Waals surface area contributed by atoms with Gasteiger partial charge in [-0.05, 0) is 52.2 Å². The molecule has 1 saturated carbocycles. The number of piperidine rings is 1. The van der Waals surface area contributed by atoms with Crippen LogP contribution in [0.1, 0.15) is 26.7 Å². The molecule has 0 N–H and O–H groups in total. The van der Waals surface area contributed by atoms with Crippen LogP contribution in [0.15, 0.2) is 0 Å². The fraction of sp³-hybridized carbons (Fsp3) is 0.846. The molecule has 4 nitrogen and oxygen atoms in total. The third-order valence-corrected chi connectivity index (χ3v) is 5.74. The maximum absolute atomic E-state index is 12.7. The molecule has 2 fully saturated rings. The van der Waals surface area contributed by atoms with E-state index in [-0.39, 0.29) is 11.9 Å². The van der Waals surface area contributed by atoms with E-state index >= 15 is 0 Å². The highest BCUT2D eigenvalue weighted by molar-refractivity contribution is 7.34. The SMILES string of the molecule is CPN(C)C(C)(C)C(=O)N1CC2CC2CC1C#N. The lowest BCUT2D eigenvalue weighted by atomic mass is 9.97. The Morgan fingerprint density at radius 2 is 2.11 bits per heavy atom. The van der Waals surface area contributed by atoms with Crippen LogP contribution in [0.3, 0.4) is 0 Å². The van der Waals surface area contributed by atoms with E-state index in [0.29, 0.717) is 20.6 Å². The summed E-state index contributed by atoms with van der Waals surface area (Å²) in [7, 11) is 2.56. The van der Waals surface area contributed by atoms with Gasteiger partial charge in [-0.1, -0.05) is 8.73 Å².